The minimum atomic E-state index is -1.92. The van der Waals surface area contributed by atoms with Gasteiger partial charge >= 0.3 is 0 Å². The third kappa shape index (κ3) is 7.74. The minimum absolute atomic E-state index is 0.0116. The summed E-state index contributed by atoms with van der Waals surface area (Å²) in [6.45, 7) is 2.27. The van der Waals surface area contributed by atoms with Crippen molar-refractivity contribution in [3.63, 3.8) is 0 Å². The molecule has 0 spiro atoms. The normalized spacial score (nSPS) is 17.3. The summed E-state index contributed by atoms with van der Waals surface area (Å²) in [7, 11) is 0. The Bertz CT molecular complexity index is 2180. The molecule has 0 bridgehead atoms. The summed E-state index contributed by atoms with van der Waals surface area (Å²) in [5, 5.41) is 51.6. The molecule has 5 N–H and O–H groups in total. The number of carbonyl (C=O) groups excluding carboxylic acids is 4. The molecule has 3 aromatic heterocycles. The van der Waals surface area contributed by atoms with Crippen molar-refractivity contribution in [3.8, 4) is 11.5 Å². The number of tetrazole rings is 1. The third-order valence-corrected chi connectivity index (χ3v) is 11.7. The van der Waals surface area contributed by atoms with E-state index in [0.717, 1.165) is 21.8 Å². The van der Waals surface area contributed by atoms with Crippen LogP contribution in [0.3, 0.4) is 0 Å². The summed E-state index contributed by atoms with van der Waals surface area (Å²) in [6.07, 6.45) is 3.40. The number of hydrogen-bond donors (Lipinski definition) is 4. The van der Waals surface area contributed by atoms with E-state index in [2.05, 4.69) is 36.1 Å². The van der Waals surface area contributed by atoms with Gasteiger partial charge in [-0.1, -0.05) is 39.7 Å². The Morgan fingerprint density at radius 3 is 2.62 bits per heavy atom. The van der Waals surface area contributed by atoms with Gasteiger partial charge in [-0.2, -0.15) is 9.78 Å². The average molecular weight is 821 g/mol. The number of carbonyl (C=O) groups is 4. The molecule has 0 saturated carbocycles. The molecular formula is C30H25Cl2N10O8S3-. The highest BCUT2D eigenvalue weighted by Gasteiger charge is 2.53. The number of nitrogen functional groups attached to an aromatic ring is 1. The van der Waals surface area contributed by atoms with Crippen LogP contribution in [0.15, 0.2) is 52.3 Å². The van der Waals surface area contributed by atoms with E-state index in [1.807, 2.05) is 0 Å². The van der Waals surface area contributed by atoms with Crippen LogP contribution in [0.2, 0.25) is 9.36 Å². The molecule has 0 radical (unpaired) electrons. The number of rotatable bonds is 13. The maximum Gasteiger partial charge on any atom is 0.276 e. The van der Waals surface area contributed by atoms with Gasteiger partial charge in [0, 0.05) is 34.1 Å². The van der Waals surface area contributed by atoms with Gasteiger partial charge in [-0.05, 0) is 31.6 Å². The number of Topliss-reactive ketones (excluding diaryl/α,β-unsaturated/α-hetero) is 1. The fourth-order valence-corrected chi connectivity index (χ4v) is 8.51. The van der Waals surface area contributed by atoms with Crippen molar-refractivity contribution in [2.24, 2.45) is 5.16 Å². The van der Waals surface area contributed by atoms with Gasteiger partial charge in [-0.25, -0.2) is 4.98 Å². The van der Waals surface area contributed by atoms with Crippen LogP contribution in [-0.2, 0) is 25.8 Å². The molecule has 1 aromatic carbocycles. The molecule has 23 heteroatoms. The Kier molecular flexibility index (Phi) is 10.8. The lowest BCUT2D eigenvalue weighted by Crippen LogP contribution is -2.70. The number of fused-ring (bicyclic) bond motifs is 1. The molecule has 2 aliphatic rings. The number of nitrogens with zero attached hydrogens (tertiary/aromatic N) is 8. The van der Waals surface area contributed by atoms with Crippen LogP contribution >= 0.6 is 58.1 Å². The van der Waals surface area contributed by atoms with E-state index in [4.69, 9.17) is 33.8 Å². The molecule has 0 aliphatic carbocycles. The van der Waals surface area contributed by atoms with Crippen LogP contribution in [0.25, 0.3) is 5.70 Å². The zero-order valence-corrected chi connectivity index (χ0v) is 31.2. The lowest BCUT2D eigenvalue weighted by atomic mass is 10.0. The first kappa shape index (κ1) is 37.8. The summed E-state index contributed by atoms with van der Waals surface area (Å²) >= 11 is 16.0. The van der Waals surface area contributed by atoms with Gasteiger partial charge in [0.15, 0.2) is 40.3 Å². The van der Waals surface area contributed by atoms with E-state index in [0.29, 0.717) is 17.2 Å². The number of anilines is 1. The number of pyridine rings is 1. The number of nitrogens with one attached hydrogen (secondary N) is 1. The predicted octanol–water partition coefficient (Wildman–Crippen LogP) is 0.609. The molecule has 1 fully saturated rings. The quantitative estimate of drug-likeness (QED) is 0.0274. The lowest BCUT2D eigenvalue weighted by molar-refractivity contribution is -0.683. The maximum absolute atomic E-state index is 13.7. The number of nitrogens with two attached hydrogens (primary N) is 1. The van der Waals surface area contributed by atoms with E-state index < -0.39 is 52.0 Å². The van der Waals surface area contributed by atoms with Gasteiger partial charge in [0.05, 0.1) is 22.5 Å². The number of halogens is 2. The van der Waals surface area contributed by atoms with Gasteiger partial charge < -0.3 is 41.1 Å². The molecule has 2 atom stereocenters. The number of phenols is 2. The van der Waals surface area contributed by atoms with Crippen molar-refractivity contribution in [1.82, 2.24) is 35.8 Å². The summed E-state index contributed by atoms with van der Waals surface area (Å²) in [4.78, 5) is 62.9. The number of aromatic hydroxyl groups is 2. The Balaban J connectivity index is 1.16. The largest absolute Gasteiger partial charge is 0.546 e. The van der Waals surface area contributed by atoms with Crippen LogP contribution in [0.5, 0.6) is 11.5 Å². The first-order chi connectivity index (χ1) is 25.2. The Hall–Kier alpha value is -4.96. The number of amides is 2. The van der Waals surface area contributed by atoms with Gasteiger partial charge in [0.25, 0.3) is 11.8 Å². The van der Waals surface area contributed by atoms with Crippen molar-refractivity contribution in [2.75, 3.05) is 17.2 Å². The number of thioether (sulfide) groups is 2. The topological polar surface area (TPSA) is 264 Å². The van der Waals surface area contributed by atoms with Crippen molar-refractivity contribution >= 4 is 98.2 Å². The fraction of sp³-hybridized carbons (Fsp3) is 0.267. The number of benzene rings is 1. The molecule has 5 heterocycles. The molecule has 18 nitrogen and oxygen atoms in total. The number of oxime groups is 1. The summed E-state index contributed by atoms with van der Waals surface area (Å²) in [6, 6.07) is 5.08. The molecule has 276 valence electrons. The molecule has 6 rings (SSSR count). The zero-order chi connectivity index (χ0) is 38.2. The average Bonchev–Trinajstić information content (AvgIpc) is 3.78. The van der Waals surface area contributed by atoms with Crippen LogP contribution in [0.4, 0.5) is 5.13 Å². The van der Waals surface area contributed by atoms with Crippen LogP contribution < -0.4 is 25.8 Å². The summed E-state index contributed by atoms with van der Waals surface area (Å²) in [5.74, 6) is -3.44. The number of aromatic nitrogens is 6. The van der Waals surface area contributed by atoms with E-state index in [1.165, 1.54) is 54.4 Å². The van der Waals surface area contributed by atoms with E-state index in [9.17, 15) is 34.5 Å². The highest BCUT2D eigenvalue weighted by atomic mass is 35.5. The molecule has 4 aromatic rings. The van der Waals surface area contributed by atoms with E-state index in [-0.39, 0.29) is 43.9 Å². The third-order valence-electron chi connectivity index (χ3n) is 7.76. The van der Waals surface area contributed by atoms with Gasteiger partial charge in [0.1, 0.15) is 21.4 Å². The highest BCUT2D eigenvalue weighted by Crippen LogP contribution is 2.44. The molecule has 2 aliphatic heterocycles. The fourth-order valence-electron chi connectivity index (χ4n) is 4.94. The lowest BCUT2D eigenvalue weighted by Gasteiger charge is -2.50. The zero-order valence-electron chi connectivity index (χ0n) is 27.2. The van der Waals surface area contributed by atoms with Crippen LogP contribution in [-0.4, -0.2) is 93.4 Å². The number of phenolic OH excluding ortho intramolecular Hbond substituents is 2. The number of hydrogen-bond acceptors (Lipinski definition) is 17. The number of ketones is 1. The van der Waals surface area contributed by atoms with Gasteiger partial charge in [-0.15, -0.1) is 23.5 Å². The highest BCUT2D eigenvalue weighted by molar-refractivity contribution is 8.01. The monoisotopic (exact) mass is 819 g/mol. The predicted molar refractivity (Wildman–Crippen MR) is 190 cm³/mol. The number of carboxylic acids is 1. The van der Waals surface area contributed by atoms with Gasteiger partial charge in [0.2, 0.25) is 12.3 Å². The summed E-state index contributed by atoms with van der Waals surface area (Å²) < 4.78 is 1.62. The Labute approximate surface area is 321 Å². The van der Waals surface area contributed by atoms with Crippen molar-refractivity contribution < 1.29 is 43.9 Å². The number of thiazole rings is 1. The van der Waals surface area contributed by atoms with E-state index >= 15 is 0 Å². The summed E-state index contributed by atoms with van der Waals surface area (Å²) in [5.41, 5.74) is 4.43. The van der Waals surface area contributed by atoms with Crippen LogP contribution in [0.1, 0.15) is 35.7 Å². The second-order valence-electron chi connectivity index (χ2n) is 11.7. The molecular weight excluding hydrogens is 795 g/mol. The van der Waals surface area contributed by atoms with Crippen LogP contribution in [0, 0.1) is 0 Å². The van der Waals surface area contributed by atoms with E-state index in [1.54, 1.807) is 29.1 Å². The van der Waals surface area contributed by atoms with Crippen molar-refractivity contribution in [1.29, 1.82) is 0 Å². The van der Waals surface area contributed by atoms with Crippen molar-refractivity contribution in [3.05, 3.63) is 68.7 Å². The van der Waals surface area contributed by atoms with Crippen molar-refractivity contribution in [2.45, 2.75) is 42.3 Å². The Morgan fingerprint density at radius 1 is 1.25 bits per heavy atom. The molecule has 2 amide bonds. The first-order valence-corrected chi connectivity index (χ1v) is 18.7. The number of β-lactam (4-membered cyclic amide) rings is 1. The second kappa shape index (κ2) is 15.2. The maximum atomic E-state index is 13.7. The number of carboxylic acid groups (broad SMARTS) is 1. The first-order valence-electron chi connectivity index (χ1n) is 15.1. The second-order valence-corrected chi connectivity index (χ2v) is 15.9. The Morgan fingerprint density at radius 2 is 1.98 bits per heavy atom. The molecule has 53 heavy (non-hydrogen) atoms. The number of aliphatic carboxylic acids is 1. The minimum Gasteiger partial charge on any atom is -0.546 e. The standard InChI is InChI=1S/C30H26Cl2N10O8S3/c1-30(2,28(48)49)50-38-19(18-23(32)53-29(33)35-18)25(46)34-20-26(47)42-21(24-36-39-40-37-24)12(11-52-27(20)42)10-51-13-5-7-41(8-6-13)9-16(44)14-3-4-15(43)22(45)17(14)31/h3-8,20,27H,9-11H2,1-2H3,(H6-,33,34,35,36,37,38,39,40,43,44,45,46,48,49)/p-1/t20-,27-/m1/s1. The smallest absolute Gasteiger partial charge is 0.276 e. The SMILES string of the molecule is CC(C)(O/N=C(\C(=O)N[C@@H]1C(=O)N2C(c3nnn[n-]3)=C(CSc3cc[n+](CC(=O)c4ccc(O)c(O)c4Cl)cc3)CS[C@H]12)c1nc(N)sc1Cl)C(=O)[O-]. The molecule has 1 saturated heterocycles. The van der Waals surface area contributed by atoms with Gasteiger partial charge in [-0.3, -0.25) is 29.6 Å². The molecule has 0 unspecified atom stereocenters.